The topological polar surface area (TPSA) is 76.0 Å². The van der Waals surface area contributed by atoms with Crippen LogP contribution in [0.4, 0.5) is 0 Å². The lowest BCUT2D eigenvalue weighted by atomic mass is 9.48. The Kier molecular flexibility index (Phi) is 4.74. The number of aliphatic hydroxyl groups is 2. The van der Waals surface area contributed by atoms with Crippen molar-refractivity contribution in [1.82, 2.24) is 10.2 Å². The number of hydrogen-bond donors (Lipinski definition) is 4. The molecule has 0 unspecified atom stereocenters. The van der Waals surface area contributed by atoms with Crippen LogP contribution in [0.15, 0.2) is 18.2 Å². The van der Waals surface area contributed by atoms with Crippen molar-refractivity contribution in [3.63, 3.8) is 0 Å². The lowest BCUT2D eigenvalue weighted by Gasteiger charge is -2.65. The van der Waals surface area contributed by atoms with Crippen LogP contribution in [0.5, 0.6) is 5.75 Å². The van der Waals surface area contributed by atoms with E-state index in [1.807, 2.05) is 12.1 Å². The van der Waals surface area contributed by atoms with Gasteiger partial charge in [0.25, 0.3) is 0 Å². The molecule has 4 N–H and O–H groups in total. The minimum atomic E-state index is -0.880. The van der Waals surface area contributed by atoms with Gasteiger partial charge in [-0.15, -0.1) is 0 Å². The summed E-state index contributed by atoms with van der Waals surface area (Å²) in [4.78, 5) is 2.54. The summed E-state index contributed by atoms with van der Waals surface area (Å²) in [6.45, 7) is 7.24. The largest absolute Gasteiger partial charge is 0.508 e. The highest BCUT2D eigenvalue weighted by molar-refractivity contribution is 5.48. The number of piperidine rings is 1. The number of nitrogens with zero attached hydrogens (tertiary/aromatic N) is 1. The number of phenols is 1. The average molecular weight is 401 g/mol. The van der Waals surface area contributed by atoms with Gasteiger partial charge in [0.05, 0.1) is 11.7 Å². The number of benzene rings is 1. The third kappa shape index (κ3) is 3.13. The maximum absolute atomic E-state index is 12.4. The number of phenolic OH excluding ortho intramolecular Hbond substituents is 1. The van der Waals surface area contributed by atoms with E-state index in [1.165, 1.54) is 18.4 Å². The molecule has 1 saturated heterocycles. The highest BCUT2D eigenvalue weighted by atomic mass is 16.3. The van der Waals surface area contributed by atoms with E-state index in [9.17, 15) is 15.3 Å². The van der Waals surface area contributed by atoms with E-state index < -0.39 is 17.1 Å². The van der Waals surface area contributed by atoms with Gasteiger partial charge in [-0.2, -0.15) is 0 Å². The molecule has 5 atom stereocenters. The molecule has 3 aliphatic carbocycles. The molecule has 3 fully saturated rings. The first kappa shape index (κ1) is 19.8. The molecule has 1 heterocycles. The molecule has 1 aromatic carbocycles. The molecule has 5 nitrogen and oxygen atoms in total. The molecule has 160 valence electrons. The Morgan fingerprint density at radius 3 is 2.76 bits per heavy atom. The van der Waals surface area contributed by atoms with Gasteiger partial charge in [0.15, 0.2) is 0 Å². The molecule has 0 aromatic heterocycles. The molecule has 4 aliphatic rings. The first-order valence-electron chi connectivity index (χ1n) is 11.5. The summed E-state index contributed by atoms with van der Waals surface area (Å²) in [6, 6.07) is 5.67. The quantitative estimate of drug-likeness (QED) is 0.610. The first-order valence-corrected chi connectivity index (χ1v) is 11.5. The predicted molar refractivity (Wildman–Crippen MR) is 113 cm³/mol. The van der Waals surface area contributed by atoms with Crippen LogP contribution in [-0.4, -0.2) is 63.6 Å². The zero-order chi connectivity index (χ0) is 20.4. The Morgan fingerprint density at radius 2 is 2.03 bits per heavy atom. The van der Waals surface area contributed by atoms with Crippen molar-refractivity contribution in [2.45, 2.75) is 81.6 Å². The van der Waals surface area contributed by atoms with E-state index >= 15 is 0 Å². The molecular formula is C24H36N2O3. The Bertz CT molecular complexity index is 779. The van der Waals surface area contributed by atoms with E-state index in [0.29, 0.717) is 18.8 Å². The zero-order valence-corrected chi connectivity index (χ0v) is 17.8. The third-order valence-corrected chi connectivity index (χ3v) is 8.20. The van der Waals surface area contributed by atoms with E-state index in [1.54, 1.807) is 6.07 Å². The molecule has 29 heavy (non-hydrogen) atoms. The SMILES string of the molecule is CC(C)CN[C@@H]1C[C@@]2(O)[C@H]3Cc4ccc(O)cc4[C@@]2(CCN3CC2CC2)C[C@H]1O. The Balaban J connectivity index is 1.55. The Labute approximate surface area is 174 Å². The van der Waals surface area contributed by atoms with Gasteiger partial charge in [0.2, 0.25) is 0 Å². The van der Waals surface area contributed by atoms with Crippen LogP contribution in [-0.2, 0) is 11.8 Å². The van der Waals surface area contributed by atoms with E-state index in [0.717, 1.165) is 44.0 Å². The second-order valence-corrected chi connectivity index (χ2v) is 10.6. The smallest absolute Gasteiger partial charge is 0.115 e. The molecule has 0 amide bonds. The van der Waals surface area contributed by atoms with Gasteiger partial charge in [-0.05, 0) is 86.7 Å². The standard InChI is InChI=1S/C24H36N2O3/c1-15(2)13-25-20-11-24(29)22-9-17-5-6-18(27)10-19(17)23(24,12-21(20)28)7-8-26(22)14-16-3-4-16/h5-6,10,15-16,20-22,25,27-29H,3-4,7-9,11-14H2,1-2H3/t20-,21-,22-,23-,24-/m1/s1. The maximum atomic E-state index is 12.4. The van der Waals surface area contributed by atoms with Crippen molar-refractivity contribution in [3.8, 4) is 5.75 Å². The number of aromatic hydroxyl groups is 1. The number of hydrogen-bond acceptors (Lipinski definition) is 5. The van der Waals surface area contributed by atoms with Gasteiger partial charge >= 0.3 is 0 Å². The number of likely N-dealkylation sites (tertiary alicyclic amines) is 1. The van der Waals surface area contributed by atoms with Gasteiger partial charge < -0.3 is 20.6 Å². The van der Waals surface area contributed by atoms with Gasteiger partial charge in [0.1, 0.15) is 5.75 Å². The van der Waals surface area contributed by atoms with Crippen molar-refractivity contribution in [3.05, 3.63) is 29.3 Å². The second-order valence-electron chi connectivity index (χ2n) is 10.6. The van der Waals surface area contributed by atoms with Crippen LogP contribution >= 0.6 is 0 Å². The van der Waals surface area contributed by atoms with Crippen LogP contribution in [0.25, 0.3) is 0 Å². The summed E-state index contributed by atoms with van der Waals surface area (Å²) < 4.78 is 0. The summed E-state index contributed by atoms with van der Waals surface area (Å²) in [5.74, 6) is 1.55. The minimum Gasteiger partial charge on any atom is -0.508 e. The molecule has 5 rings (SSSR count). The Morgan fingerprint density at radius 1 is 1.24 bits per heavy atom. The molecule has 1 aliphatic heterocycles. The van der Waals surface area contributed by atoms with Crippen LogP contribution in [0.3, 0.4) is 0 Å². The fourth-order valence-electron chi connectivity index (χ4n) is 6.53. The summed E-state index contributed by atoms with van der Waals surface area (Å²) >= 11 is 0. The van der Waals surface area contributed by atoms with E-state index in [2.05, 4.69) is 24.1 Å². The van der Waals surface area contributed by atoms with E-state index in [4.69, 9.17) is 0 Å². The van der Waals surface area contributed by atoms with Gasteiger partial charge in [-0.3, -0.25) is 4.90 Å². The van der Waals surface area contributed by atoms with Crippen LogP contribution in [0.1, 0.15) is 57.1 Å². The van der Waals surface area contributed by atoms with Gasteiger partial charge in [0, 0.05) is 24.0 Å². The lowest BCUT2D eigenvalue weighted by Crippen LogP contribution is -2.76. The molecule has 2 saturated carbocycles. The van der Waals surface area contributed by atoms with Crippen molar-refractivity contribution in [2.24, 2.45) is 11.8 Å². The van der Waals surface area contributed by atoms with Crippen molar-refractivity contribution in [2.75, 3.05) is 19.6 Å². The van der Waals surface area contributed by atoms with Gasteiger partial charge in [-0.25, -0.2) is 0 Å². The molecule has 2 bridgehead atoms. The molecular weight excluding hydrogens is 364 g/mol. The van der Waals surface area contributed by atoms with Crippen LogP contribution in [0.2, 0.25) is 0 Å². The number of fused-ring (bicyclic) bond motifs is 1. The fourth-order valence-corrected chi connectivity index (χ4v) is 6.53. The van der Waals surface area contributed by atoms with Crippen molar-refractivity contribution >= 4 is 0 Å². The fraction of sp³-hybridized carbons (Fsp3) is 0.750. The third-order valence-electron chi connectivity index (χ3n) is 8.20. The highest BCUT2D eigenvalue weighted by Gasteiger charge is 2.66. The molecule has 5 heteroatoms. The van der Waals surface area contributed by atoms with E-state index in [-0.39, 0.29) is 17.8 Å². The van der Waals surface area contributed by atoms with Crippen molar-refractivity contribution in [1.29, 1.82) is 0 Å². The maximum Gasteiger partial charge on any atom is 0.115 e. The second kappa shape index (κ2) is 6.94. The molecule has 0 spiro atoms. The minimum absolute atomic E-state index is 0.0854. The summed E-state index contributed by atoms with van der Waals surface area (Å²) in [7, 11) is 0. The lowest BCUT2D eigenvalue weighted by molar-refractivity contribution is -0.190. The van der Waals surface area contributed by atoms with Crippen molar-refractivity contribution < 1.29 is 15.3 Å². The van der Waals surface area contributed by atoms with Crippen LogP contribution in [0, 0.1) is 11.8 Å². The number of rotatable bonds is 5. The summed E-state index contributed by atoms with van der Waals surface area (Å²) in [5, 5.41) is 37.3. The number of aliphatic hydroxyl groups excluding tert-OH is 1. The van der Waals surface area contributed by atoms with Gasteiger partial charge in [-0.1, -0.05) is 19.9 Å². The number of nitrogens with one attached hydrogen (secondary N) is 1. The summed E-state index contributed by atoms with van der Waals surface area (Å²) in [5.41, 5.74) is 0.955. The van der Waals surface area contributed by atoms with Crippen LogP contribution < -0.4 is 5.32 Å². The first-order chi connectivity index (χ1) is 13.8. The highest BCUT2D eigenvalue weighted by Crippen LogP contribution is 2.58. The molecule has 1 aromatic rings. The normalized spacial score (nSPS) is 39.3. The summed E-state index contributed by atoms with van der Waals surface area (Å²) in [6.07, 6.45) is 4.94. The molecule has 0 radical (unpaired) electrons. The average Bonchev–Trinajstić information content (AvgIpc) is 3.47. The monoisotopic (exact) mass is 400 g/mol. The predicted octanol–water partition coefficient (Wildman–Crippen LogP) is 2.17. The Hall–Kier alpha value is -1.14. The zero-order valence-electron chi connectivity index (χ0n) is 17.8.